The summed E-state index contributed by atoms with van der Waals surface area (Å²) in [4.78, 5) is 0. The predicted molar refractivity (Wildman–Crippen MR) is 111 cm³/mol. The van der Waals surface area contributed by atoms with Crippen molar-refractivity contribution in [1.29, 1.82) is 0 Å². The minimum atomic E-state index is 0.805. The third-order valence-corrected chi connectivity index (χ3v) is 4.72. The van der Waals surface area contributed by atoms with E-state index in [0.717, 1.165) is 12.1 Å². The molecule has 1 aliphatic carbocycles. The fourth-order valence-corrected chi connectivity index (χ4v) is 3.39. The van der Waals surface area contributed by atoms with Crippen LogP contribution >= 0.6 is 0 Å². The van der Waals surface area contributed by atoms with Gasteiger partial charge in [0.05, 0.1) is 0 Å². The van der Waals surface area contributed by atoms with Gasteiger partial charge in [-0.25, -0.2) is 0 Å². The van der Waals surface area contributed by atoms with E-state index in [0.29, 0.717) is 0 Å². The molecule has 0 atom stereocenters. The maximum Gasteiger partial charge on any atom is 0.0314 e. The van der Waals surface area contributed by atoms with Crippen molar-refractivity contribution in [2.75, 3.05) is 5.73 Å². The van der Waals surface area contributed by atoms with Crippen molar-refractivity contribution in [1.82, 2.24) is 0 Å². The van der Waals surface area contributed by atoms with Crippen molar-refractivity contribution >= 4 is 5.69 Å². The SMILES string of the molecule is Nc1ccc(-c2ccccc2)cc1.c1ccc2c(c1)Cc1ccccc1-2. The van der Waals surface area contributed by atoms with Gasteiger partial charge in [-0.1, -0.05) is 91.0 Å². The lowest BCUT2D eigenvalue weighted by molar-refractivity contribution is 1.26. The summed E-state index contributed by atoms with van der Waals surface area (Å²) >= 11 is 0. The van der Waals surface area contributed by atoms with E-state index in [1.54, 1.807) is 0 Å². The van der Waals surface area contributed by atoms with Gasteiger partial charge in [0.25, 0.3) is 0 Å². The first-order valence-corrected chi connectivity index (χ1v) is 8.88. The van der Waals surface area contributed by atoms with Crippen LogP contribution in [0.25, 0.3) is 22.3 Å². The monoisotopic (exact) mass is 335 g/mol. The molecule has 0 heterocycles. The molecule has 26 heavy (non-hydrogen) atoms. The molecule has 126 valence electrons. The van der Waals surface area contributed by atoms with Gasteiger partial charge in [-0.15, -0.1) is 0 Å². The minimum Gasteiger partial charge on any atom is -0.399 e. The van der Waals surface area contributed by atoms with Gasteiger partial charge in [0.1, 0.15) is 0 Å². The lowest BCUT2D eigenvalue weighted by Gasteiger charge is -2.00. The van der Waals surface area contributed by atoms with Crippen LogP contribution < -0.4 is 5.73 Å². The minimum absolute atomic E-state index is 0.805. The standard InChI is InChI=1S/C13H10.C12H11N/c1-3-7-12-10(5-1)9-11-6-2-4-8-13(11)12;13-12-8-6-11(7-9-12)10-4-2-1-3-5-10/h1-8H,9H2;1-9H,13H2. The largest absolute Gasteiger partial charge is 0.399 e. The third kappa shape index (κ3) is 3.38. The zero-order chi connectivity index (χ0) is 17.8. The van der Waals surface area contributed by atoms with Gasteiger partial charge in [0.2, 0.25) is 0 Å². The number of nitrogen functional groups attached to an aromatic ring is 1. The van der Waals surface area contributed by atoms with E-state index in [2.05, 4.69) is 60.7 Å². The average Bonchev–Trinajstić information content (AvgIpc) is 3.08. The Balaban J connectivity index is 0.000000129. The fraction of sp³-hybridized carbons (Fsp3) is 0.0400. The third-order valence-electron chi connectivity index (χ3n) is 4.72. The number of nitrogens with two attached hydrogens (primary N) is 1. The zero-order valence-corrected chi connectivity index (χ0v) is 14.6. The Morgan fingerprint density at radius 3 is 1.50 bits per heavy atom. The molecule has 0 unspecified atom stereocenters. The molecule has 0 saturated carbocycles. The summed E-state index contributed by atoms with van der Waals surface area (Å²) < 4.78 is 0. The van der Waals surface area contributed by atoms with Crippen LogP contribution in [0.15, 0.2) is 103 Å². The van der Waals surface area contributed by atoms with E-state index in [4.69, 9.17) is 5.73 Å². The lowest BCUT2D eigenvalue weighted by Crippen LogP contribution is -1.83. The van der Waals surface area contributed by atoms with Crippen LogP contribution in [0.2, 0.25) is 0 Å². The summed E-state index contributed by atoms with van der Waals surface area (Å²) in [5.41, 5.74) is 14.6. The van der Waals surface area contributed by atoms with Gasteiger partial charge in [-0.05, 0) is 51.9 Å². The second-order valence-corrected chi connectivity index (χ2v) is 6.48. The smallest absolute Gasteiger partial charge is 0.0314 e. The number of rotatable bonds is 1. The Bertz CT molecular complexity index is 958. The van der Waals surface area contributed by atoms with Crippen molar-refractivity contribution in [3.63, 3.8) is 0 Å². The first-order valence-electron chi connectivity index (χ1n) is 8.88. The molecule has 0 aromatic heterocycles. The lowest BCUT2D eigenvalue weighted by atomic mass is 10.1. The van der Waals surface area contributed by atoms with E-state index in [1.807, 2.05) is 42.5 Å². The Labute approximate surface area is 154 Å². The molecule has 1 nitrogen and oxygen atoms in total. The first kappa shape index (κ1) is 16.2. The molecule has 0 amide bonds. The van der Waals surface area contributed by atoms with E-state index < -0.39 is 0 Å². The normalized spacial score (nSPS) is 11.1. The Kier molecular flexibility index (Phi) is 4.53. The maximum absolute atomic E-state index is 5.60. The summed E-state index contributed by atoms with van der Waals surface area (Å²) in [5.74, 6) is 0. The quantitative estimate of drug-likeness (QED) is 0.363. The Morgan fingerprint density at radius 1 is 0.462 bits per heavy atom. The van der Waals surface area contributed by atoms with E-state index in [9.17, 15) is 0 Å². The molecule has 0 radical (unpaired) electrons. The van der Waals surface area contributed by atoms with E-state index in [-0.39, 0.29) is 0 Å². The molecule has 0 spiro atoms. The van der Waals surface area contributed by atoms with Crippen LogP contribution in [0.5, 0.6) is 0 Å². The summed E-state index contributed by atoms with van der Waals surface area (Å²) in [6.45, 7) is 0. The predicted octanol–water partition coefficient (Wildman–Crippen LogP) is 6.19. The van der Waals surface area contributed by atoms with Gasteiger partial charge >= 0.3 is 0 Å². The molecular weight excluding hydrogens is 314 g/mol. The van der Waals surface area contributed by atoms with Crippen LogP contribution in [0, 0.1) is 0 Å². The van der Waals surface area contributed by atoms with Gasteiger partial charge in [0, 0.05) is 5.69 Å². The number of benzene rings is 4. The molecule has 1 heteroatoms. The summed E-state index contributed by atoms with van der Waals surface area (Å²) in [6, 6.07) is 35.5. The van der Waals surface area contributed by atoms with Crippen molar-refractivity contribution in [3.05, 3.63) is 114 Å². The van der Waals surface area contributed by atoms with Crippen LogP contribution in [0.1, 0.15) is 11.1 Å². The number of fused-ring (bicyclic) bond motifs is 3. The molecule has 1 aliphatic rings. The summed E-state index contributed by atoms with van der Waals surface area (Å²) in [7, 11) is 0. The maximum atomic E-state index is 5.60. The molecule has 5 rings (SSSR count). The van der Waals surface area contributed by atoms with Crippen LogP contribution in [-0.2, 0) is 6.42 Å². The highest BCUT2D eigenvalue weighted by Crippen LogP contribution is 2.35. The summed E-state index contributed by atoms with van der Waals surface area (Å²) in [5, 5.41) is 0. The van der Waals surface area contributed by atoms with Crippen molar-refractivity contribution in [2.45, 2.75) is 6.42 Å². The second-order valence-electron chi connectivity index (χ2n) is 6.48. The van der Waals surface area contributed by atoms with Crippen LogP contribution in [0.4, 0.5) is 5.69 Å². The number of hydrogen-bond donors (Lipinski definition) is 1. The van der Waals surface area contributed by atoms with E-state index in [1.165, 1.54) is 33.4 Å². The van der Waals surface area contributed by atoms with E-state index >= 15 is 0 Å². The molecule has 4 aromatic carbocycles. The summed E-state index contributed by atoms with van der Waals surface area (Å²) in [6.07, 6.45) is 1.10. The molecule has 2 N–H and O–H groups in total. The average molecular weight is 335 g/mol. The van der Waals surface area contributed by atoms with Crippen molar-refractivity contribution in [2.24, 2.45) is 0 Å². The van der Waals surface area contributed by atoms with Crippen molar-refractivity contribution in [3.8, 4) is 22.3 Å². The highest BCUT2D eigenvalue weighted by molar-refractivity contribution is 5.76. The van der Waals surface area contributed by atoms with Gasteiger partial charge in [-0.2, -0.15) is 0 Å². The molecular formula is C25H21N. The van der Waals surface area contributed by atoms with Gasteiger partial charge < -0.3 is 5.73 Å². The highest BCUT2D eigenvalue weighted by atomic mass is 14.5. The zero-order valence-electron chi connectivity index (χ0n) is 14.6. The number of hydrogen-bond acceptors (Lipinski definition) is 1. The molecule has 0 saturated heterocycles. The molecule has 4 aromatic rings. The second kappa shape index (κ2) is 7.28. The van der Waals surface area contributed by atoms with Crippen LogP contribution in [0.3, 0.4) is 0 Å². The molecule has 0 fully saturated rings. The topological polar surface area (TPSA) is 26.0 Å². The Hall–Kier alpha value is -3.32. The fourth-order valence-electron chi connectivity index (χ4n) is 3.39. The highest BCUT2D eigenvalue weighted by Gasteiger charge is 2.15. The Morgan fingerprint density at radius 2 is 0.923 bits per heavy atom. The van der Waals surface area contributed by atoms with Crippen LogP contribution in [-0.4, -0.2) is 0 Å². The molecule has 0 bridgehead atoms. The first-order chi connectivity index (χ1) is 12.8. The van der Waals surface area contributed by atoms with Crippen molar-refractivity contribution < 1.29 is 0 Å². The van der Waals surface area contributed by atoms with Gasteiger partial charge in [0.15, 0.2) is 0 Å². The molecule has 0 aliphatic heterocycles. The van der Waals surface area contributed by atoms with Gasteiger partial charge in [-0.3, -0.25) is 0 Å². The number of anilines is 1.